The van der Waals surface area contributed by atoms with Crippen molar-refractivity contribution in [2.75, 3.05) is 32.8 Å². The summed E-state index contributed by atoms with van der Waals surface area (Å²) in [5.41, 5.74) is -0.0762. The Morgan fingerprint density at radius 1 is 1.06 bits per heavy atom. The van der Waals surface area contributed by atoms with Crippen LogP contribution < -0.4 is 4.74 Å². The fourth-order valence-corrected chi connectivity index (χ4v) is 5.67. The minimum Gasteiger partial charge on any atom is -0.491 e. The van der Waals surface area contributed by atoms with Crippen molar-refractivity contribution in [3.8, 4) is 5.75 Å². The van der Waals surface area contributed by atoms with Gasteiger partial charge in [0.15, 0.2) is 11.6 Å². The molecule has 35 heavy (non-hydrogen) atoms. The molecule has 0 unspecified atom stereocenters. The molecule has 0 saturated carbocycles. The van der Waals surface area contributed by atoms with Crippen LogP contribution in [0.1, 0.15) is 26.7 Å². The molecular formula is C25H28F2N2O5S. The van der Waals surface area contributed by atoms with E-state index < -0.39 is 27.1 Å². The zero-order valence-electron chi connectivity index (χ0n) is 19.7. The topological polar surface area (TPSA) is 80.1 Å². The Morgan fingerprint density at radius 3 is 2.51 bits per heavy atom. The summed E-state index contributed by atoms with van der Waals surface area (Å²) < 4.78 is 64.9. The van der Waals surface area contributed by atoms with Crippen LogP contribution in [0.4, 0.5) is 8.78 Å². The number of fused-ring (bicyclic) bond motifs is 1. The lowest BCUT2D eigenvalue weighted by molar-refractivity contribution is -0.142. The molecule has 2 aromatic carbocycles. The van der Waals surface area contributed by atoms with Crippen molar-refractivity contribution in [2.45, 2.75) is 31.6 Å². The lowest BCUT2D eigenvalue weighted by Crippen LogP contribution is -2.53. The molecule has 0 N–H and O–H groups in total. The minimum absolute atomic E-state index is 0.0280. The molecule has 0 aliphatic carbocycles. The number of halogens is 2. The fourth-order valence-electron chi connectivity index (χ4n) is 4.21. The Labute approximate surface area is 203 Å². The number of piperazine rings is 1. The van der Waals surface area contributed by atoms with Crippen LogP contribution in [0.2, 0.25) is 0 Å². The van der Waals surface area contributed by atoms with E-state index in [-0.39, 0.29) is 36.2 Å². The molecule has 1 aromatic heterocycles. The van der Waals surface area contributed by atoms with Crippen LogP contribution in [0.25, 0.3) is 11.0 Å². The number of carbonyl (C=O) groups excluding carboxylic acids is 1. The summed E-state index contributed by atoms with van der Waals surface area (Å²) >= 11 is 0. The third-order valence-corrected chi connectivity index (χ3v) is 8.16. The van der Waals surface area contributed by atoms with Crippen LogP contribution >= 0.6 is 0 Å². The van der Waals surface area contributed by atoms with Crippen molar-refractivity contribution in [2.24, 2.45) is 5.41 Å². The highest BCUT2D eigenvalue weighted by molar-refractivity contribution is 7.89. The first kappa shape index (κ1) is 25.1. The largest absolute Gasteiger partial charge is 0.491 e. The maximum absolute atomic E-state index is 13.7. The summed E-state index contributed by atoms with van der Waals surface area (Å²) in [5, 5.41) is 0.716. The average molecular weight is 507 g/mol. The average Bonchev–Trinajstić information content (AvgIpc) is 3.30. The highest BCUT2D eigenvalue weighted by atomic mass is 32.2. The lowest BCUT2D eigenvalue weighted by Gasteiger charge is -2.38. The normalized spacial score (nSPS) is 15.5. The summed E-state index contributed by atoms with van der Waals surface area (Å²) in [7, 11) is -3.68. The van der Waals surface area contributed by atoms with Crippen LogP contribution in [-0.4, -0.2) is 56.3 Å². The minimum atomic E-state index is -3.68. The molecule has 1 aliphatic rings. The van der Waals surface area contributed by atoms with Gasteiger partial charge in [-0.3, -0.25) is 4.79 Å². The van der Waals surface area contributed by atoms with E-state index in [9.17, 15) is 22.0 Å². The van der Waals surface area contributed by atoms with Crippen molar-refractivity contribution in [1.29, 1.82) is 0 Å². The summed E-state index contributed by atoms with van der Waals surface area (Å²) in [4.78, 5) is 15.0. The van der Waals surface area contributed by atoms with Crippen molar-refractivity contribution in [3.63, 3.8) is 0 Å². The van der Waals surface area contributed by atoms with Gasteiger partial charge in [-0.25, -0.2) is 17.2 Å². The number of ether oxygens (including phenoxy) is 1. The monoisotopic (exact) mass is 506 g/mol. The first-order valence-electron chi connectivity index (χ1n) is 11.4. The predicted octanol–water partition coefficient (Wildman–Crippen LogP) is 4.43. The molecule has 1 aliphatic heterocycles. The van der Waals surface area contributed by atoms with Gasteiger partial charge in [0.25, 0.3) is 0 Å². The van der Waals surface area contributed by atoms with Gasteiger partial charge in [0.2, 0.25) is 15.9 Å². The molecule has 7 nitrogen and oxygen atoms in total. The van der Waals surface area contributed by atoms with Gasteiger partial charge in [-0.15, -0.1) is 0 Å². The molecule has 1 fully saturated rings. The Kier molecular flexibility index (Phi) is 7.14. The van der Waals surface area contributed by atoms with Crippen molar-refractivity contribution in [3.05, 3.63) is 60.4 Å². The highest BCUT2D eigenvalue weighted by Crippen LogP contribution is 2.28. The van der Waals surface area contributed by atoms with Gasteiger partial charge in [0, 0.05) is 43.0 Å². The molecule has 188 valence electrons. The van der Waals surface area contributed by atoms with E-state index in [4.69, 9.17) is 9.15 Å². The quantitative estimate of drug-likeness (QED) is 0.423. The third kappa shape index (κ3) is 5.48. The van der Waals surface area contributed by atoms with Crippen molar-refractivity contribution in [1.82, 2.24) is 9.21 Å². The Morgan fingerprint density at radius 2 is 1.80 bits per heavy atom. The molecule has 2 heterocycles. The van der Waals surface area contributed by atoms with Crippen LogP contribution in [0.3, 0.4) is 0 Å². The van der Waals surface area contributed by atoms with E-state index in [2.05, 4.69) is 0 Å². The zero-order chi connectivity index (χ0) is 25.2. The molecule has 10 heteroatoms. The Balaban J connectivity index is 1.29. The molecule has 0 atom stereocenters. The Bertz CT molecular complexity index is 1310. The third-order valence-electron chi connectivity index (χ3n) is 6.26. The molecule has 1 saturated heterocycles. The number of benzene rings is 2. The second kappa shape index (κ2) is 9.94. The number of hydrogen-bond acceptors (Lipinski definition) is 5. The van der Waals surface area contributed by atoms with E-state index in [0.717, 1.165) is 12.1 Å². The number of sulfonamides is 1. The van der Waals surface area contributed by atoms with Crippen molar-refractivity contribution >= 4 is 26.9 Å². The summed E-state index contributed by atoms with van der Waals surface area (Å²) in [6, 6.07) is 9.60. The van der Waals surface area contributed by atoms with Crippen LogP contribution in [-0.2, 0) is 14.8 Å². The molecule has 4 rings (SSSR count). The van der Waals surface area contributed by atoms with Gasteiger partial charge in [0.1, 0.15) is 11.4 Å². The van der Waals surface area contributed by atoms with E-state index in [1.165, 1.54) is 22.7 Å². The molecule has 0 bridgehead atoms. The van der Waals surface area contributed by atoms with Gasteiger partial charge in [-0.2, -0.15) is 4.31 Å². The molecule has 0 spiro atoms. The molecule has 1 amide bonds. The number of amides is 1. The van der Waals surface area contributed by atoms with E-state index in [0.29, 0.717) is 36.9 Å². The lowest BCUT2D eigenvalue weighted by atomic mass is 9.86. The smallest absolute Gasteiger partial charge is 0.243 e. The van der Waals surface area contributed by atoms with E-state index in [1.54, 1.807) is 23.1 Å². The first-order chi connectivity index (χ1) is 16.6. The SMILES string of the molecule is CC(C)(CCCOc1ccc(F)cc1F)C(=O)N1CCN(S(=O)(=O)c2ccc3occc3c2)CC1. The number of carbonyl (C=O) groups is 1. The molecule has 3 aromatic rings. The van der Waals surface area contributed by atoms with Crippen LogP contribution in [0, 0.1) is 17.0 Å². The zero-order valence-corrected chi connectivity index (χ0v) is 20.5. The maximum Gasteiger partial charge on any atom is 0.243 e. The molecular weight excluding hydrogens is 478 g/mol. The summed E-state index contributed by atoms with van der Waals surface area (Å²) in [6.07, 6.45) is 2.51. The van der Waals surface area contributed by atoms with Gasteiger partial charge in [-0.05, 0) is 49.2 Å². The Hall–Kier alpha value is -2.98. The first-order valence-corrected chi connectivity index (χ1v) is 12.9. The van der Waals surface area contributed by atoms with Gasteiger partial charge >= 0.3 is 0 Å². The van der Waals surface area contributed by atoms with Gasteiger partial charge in [-0.1, -0.05) is 13.8 Å². The summed E-state index contributed by atoms with van der Waals surface area (Å²) in [5.74, 6) is -1.53. The highest BCUT2D eigenvalue weighted by Gasteiger charge is 2.36. The maximum atomic E-state index is 13.7. The fraction of sp³-hybridized carbons (Fsp3) is 0.400. The number of furan rings is 1. The second-order valence-corrected chi connectivity index (χ2v) is 11.2. The number of rotatable bonds is 8. The number of nitrogens with zero attached hydrogens (tertiary/aromatic N) is 2. The van der Waals surface area contributed by atoms with E-state index >= 15 is 0 Å². The summed E-state index contributed by atoms with van der Waals surface area (Å²) in [6.45, 7) is 4.86. The second-order valence-electron chi connectivity index (χ2n) is 9.23. The standard InChI is InChI=1S/C25H28F2N2O5S/c1-25(2,9-3-14-33-23-6-4-19(26)17-21(23)27)24(30)28-10-12-29(13-11-28)35(31,32)20-5-7-22-18(16-20)8-15-34-22/h4-8,15-17H,3,9-14H2,1-2H3. The predicted molar refractivity (Wildman–Crippen MR) is 126 cm³/mol. The molecule has 0 radical (unpaired) electrons. The van der Waals surface area contributed by atoms with E-state index in [1.807, 2.05) is 13.8 Å². The van der Waals surface area contributed by atoms with Crippen molar-refractivity contribution < 1.29 is 31.1 Å². The van der Waals surface area contributed by atoms with Gasteiger partial charge in [0.05, 0.1) is 17.8 Å². The van der Waals surface area contributed by atoms with Gasteiger partial charge < -0.3 is 14.1 Å². The van der Waals surface area contributed by atoms with Crippen LogP contribution in [0.15, 0.2) is 58.0 Å². The van der Waals surface area contributed by atoms with Crippen LogP contribution in [0.5, 0.6) is 5.75 Å². The number of hydrogen-bond donors (Lipinski definition) is 0.